The second kappa shape index (κ2) is 9.58. The first kappa shape index (κ1) is 22.4. The van der Waals surface area contributed by atoms with E-state index in [2.05, 4.69) is 0 Å². The average molecular weight is 406 g/mol. The highest BCUT2D eigenvalue weighted by atomic mass is 16.3. The lowest BCUT2D eigenvalue weighted by Crippen LogP contribution is -2.42. The molecule has 2 rings (SSSR count). The monoisotopic (exact) mass is 406 g/mol. The zero-order valence-electron chi connectivity index (χ0n) is 17.6. The molecule has 0 unspecified atom stereocenters. The largest absolute Gasteiger partial charge is 0.510 e. The number of hydrogen-bond donors (Lipinski definition) is 1. The van der Waals surface area contributed by atoms with Crippen LogP contribution >= 0.6 is 0 Å². The van der Waals surface area contributed by atoms with Gasteiger partial charge in [0.05, 0.1) is 12.1 Å². The molecule has 9 heteroatoms. The van der Waals surface area contributed by atoms with Gasteiger partial charge in [-0.05, 0) is 33.3 Å². The van der Waals surface area contributed by atoms with E-state index in [4.69, 9.17) is 0 Å². The van der Waals surface area contributed by atoms with Gasteiger partial charge in [-0.25, -0.2) is 0 Å². The second-order valence-electron chi connectivity index (χ2n) is 6.98. The lowest BCUT2D eigenvalue weighted by molar-refractivity contribution is -0.137. The van der Waals surface area contributed by atoms with Crippen molar-refractivity contribution in [3.05, 3.63) is 23.0 Å². The van der Waals surface area contributed by atoms with Crippen molar-refractivity contribution in [2.75, 3.05) is 52.4 Å². The lowest BCUT2D eigenvalue weighted by Gasteiger charge is -2.23. The van der Waals surface area contributed by atoms with Crippen molar-refractivity contribution in [1.82, 2.24) is 19.6 Å². The molecule has 9 nitrogen and oxygen atoms in total. The topological polar surface area (TPSA) is 101 Å². The summed E-state index contributed by atoms with van der Waals surface area (Å²) in [5.74, 6) is -1.36. The van der Waals surface area contributed by atoms with Gasteiger partial charge in [0.15, 0.2) is 0 Å². The SMILES string of the molecule is CCN(CC)C(=O)CN1CC(C2=C(O)CN(CC(=O)N(CC)CC)C2=O)=CC1=O. The molecule has 2 heterocycles. The highest BCUT2D eigenvalue weighted by Gasteiger charge is 2.37. The molecule has 0 aromatic carbocycles. The number of aliphatic hydroxyl groups is 1. The molecule has 0 radical (unpaired) electrons. The summed E-state index contributed by atoms with van der Waals surface area (Å²) in [5.41, 5.74) is 0.436. The smallest absolute Gasteiger partial charge is 0.258 e. The maximum absolute atomic E-state index is 12.8. The molecule has 0 bridgehead atoms. The molecule has 0 spiro atoms. The molecule has 0 aromatic heterocycles. The zero-order chi connectivity index (χ0) is 21.7. The predicted molar refractivity (Wildman–Crippen MR) is 107 cm³/mol. The molecule has 2 aliphatic rings. The molecule has 160 valence electrons. The van der Waals surface area contributed by atoms with Crippen LogP contribution < -0.4 is 0 Å². The number of hydrogen-bond acceptors (Lipinski definition) is 5. The summed E-state index contributed by atoms with van der Waals surface area (Å²) in [4.78, 5) is 55.5. The minimum absolute atomic E-state index is 0.0588. The van der Waals surface area contributed by atoms with Gasteiger partial charge >= 0.3 is 0 Å². The Kier molecular flexibility index (Phi) is 7.41. The van der Waals surface area contributed by atoms with Gasteiger partial charge < -0.3 is 24.7 Å². The van der Waals surface area contributed by atoms with E-state index in [1.165, 1.54) is 15.9 Å². The van der Waals surface area contributed by atoms with Crippen LogP contribution in [0.4, 0.5) is 0 Å². The number of carbonyl (C=O) groups is 4. The van der Waals surface area contributed by atoms with Crippen LogP contribution in [-0.2, 0) is 19.2 Å². The summed E-state index contributed by atoms with van der Waals surface area (Å²) in [6.45, 7) is 9.45. The Morgan fingerprint density at radius 3 is 1.86 bits per heavy atom. The Hall–Kier alpha value is -2.84. The summed E-state index contributed by atoms with van der Waals surface area (Å²) in [5, 5.41) is 10.3. The van der Waals surface area contributed by atoms with Gasteiger partial charge in [0.25, 0.3) is 5.91 Å². The summed E-state index contributed by atoms with van der Waals surface area (Å²) < 4.78 is 0. The maximum Gasteiger partial charge on any atom is 0.258 e. The van der Waals surface area contributed by atoms with E-state index in [1.54, 1.807) is 9.80 Å². The van der Waals surface area contributed by atoms with Crippen molar-refractivity contribution >= 4 is 23.6 Å². The van der Waals surface area contributed by atoms with E-state index in [0.717, 1.165) is 0 Å². The Bertz CT molecular complexity index is 750. The van der Waals surface area contributed by atoms with Gasteiger partial charge in [0, 0.05) is 38.8 Å². The molecule has 0 saturated heterocycles. The number of aliphatic hydroxyl groups excluding tert-OH is 1. The summed E-state index contributed by atoms with van der Waals surface area (Å²) in [6.07, 6.45) is 1.29. The predicted octanol–water partition coefficient (Wildman–Crippen LogP) is 0.146. The molecule has 0 atom stereocenters. The number of carbonyl (C=O) groups excluding carboxylic acids is 4. The molecule has 0 aliphatic carbocycles. The van der Waals surface area contributed by atoms with E-state index < -0.39 is 5.91 Å². The van der Waals surface area contributed by atoms with Crippen LogP contribution in [0.15, 0.2) is 23.0 Å². The standard InChI is InChI=1S/C20H30N4O5/c1-5-21(6-2)17(27)12-23-10-14(9-16(23)26)19-15(25)11-24(20(19)29)13-18(28)22(7-3)8-4/h9,25H,5-8,10-13H2,1-4H3. The third-order valence-electron chi connectivity index (χ3n) is 5.31. The molecule has 2 aliphatic heterocycles. The number of rotatable bonds is 9. The van der Waals surface area contributed by atoms with Gasteiger partial charge in [-0.1, -0.05) is 0 Å². The normalized spacial score (nSPS) is 16.6. The Labute approximate surface area is 171 Å². The van der Waals surface area contributed by atoms with Crippen LogP contribution in [-0.4, -0.2) is 101 Å². The lowest BCUT2D eigenvalue weighted by atomic mass is 10.1. The van der Waals surface area contributed by atoms with Crippen molar-refractivity contribution in [3.8, 4) is 0 Å². The Morgan fingerprint density at radius 2 is 1.38 bits per heavy atom. The molecule has 0 aromatic rings. The van der Waals surface area contributed by atoms with Crippen molar-refractivity contribution in [2.24, 2.45) is 0 Å². The third kappa shape index (κ3) is 4.78. The van der Waals surface area contributed by atoms with E-state index in [0.29, 0.717) is 31.8 Å². The highest BCUT2D eigenvalue weighted by Crippen LogP contribution is 2.28. The summed E-state index contributed by atoms with van der Waals surface area (Å²) in [6, 6.07) is 0. The van der Waals surface area contributed by atoms with Crippen LogP contribution in [0.25, 0.3) is 0 Å². The van der Waals surface area contributed by atoms with Gasteiger partial charge in [-0.15, -0.1) is 0 Å². The summed E-state index contributed by atoms with van der Waals surface area (Å²) in [7, 11) is 0. The fourth-order valence-electron chi connectivity index (χ4n) is 3.60. The van der Waals surface area contributed by atoms with Crippen LogP contribution in [0.5, 0.6) is 0 Å². The molecule has 29 heavy (non-hydrogen) atoms. The molecule has 0 saturated carbocycles. The van der Waals surface area contributed by atoms with Gasteiger partial charge in [-0.2, -0.15) is 0 Å². The van der Waals surface area contributed by atoms with E-state index in [-0.39, 0.29) is 55.2 Å². The maximum atomic E-state index is 12.8. The van der Waals surface area contributed by atoms with Crippen LogP contribution in [0.2, 0.25) is 0 Å². The number of nitrogens with zero attached hydrogens (tertiary/aromatic N) is 4. The van der Waals surface area contributed by atoms with E-state index >= 15 is 0 Å². The van der Waals surface area contributed by atoms with Crippen molar-refractivity contribution in [3.63, 3.8) is 0 Å². The molecular weight excluding hydrogens is 376 g/mol. The highest BCUT2D eigenvalue weighted by molar-refractivity contribution is 6.06. The quantitative estimate of drug-likeness (QED) is 0.587. The number of amides is 4. The minimum Gasteiger partial charge on any atom is -0.510 e. The van der Waals surface area contributed by atoms with Crippen LogP contribution in [0, 0.1) is 0 Å². The molecular formula is C20H30N4O5. The summed E-state index contributed by atoms with van der Waals surface area (Å²) >= 11 is 0. The van der Waals surface area contributed by atoms with Crippen molar-refractivity contribution in [2.45, 2.75) is 27.7 Å². The fourth-order valence-corrected chi connectivity index (χ4v) is 3.60. The molecule has 0 fully saturated rings. The van der Waals surface area contributed by atoms with Gasteiger partial charge in [-0.3, -0.25) is 19.2 Å². The van der Waals surface area contributed by atoms with Crippen molar-refractivity contribution < 1.29 is 24.3 Å². The van der Waals surface area contributed by atoms with Crippen LogP contribution in [0.3, 0.4) is 0 Å². The van der Waals surface area contributed by atoms with Crippen LogP contribution in [0.1, 0.15) is 27.7 Å². The van der Waals surface area contributed by atoms with E-state index in [1.807, 2.05) is 27.7 Å². The molecule has 4 amide bonds. The Balaban J connectivity index is 2.05. The van der Waals surface area contributed by atoms with E-state index in [9.17, 15) is 24.3 Å². The Morgan fingerprint density at radius 1 is 0.897 bits per heavy atom. The average Bonchev–Trinajstić information content (AvgIpc) is 3.16. The van der Waals surface area contributed by atoms with Crippen molar-refractivity contribution in [1.29, 1.82) is 0 Å². The minimum atomic E-state index is -0.473. The zero-order valence-corrected chi connectivity index (χ0v) is 17.6. The van der Waals surface area contributed by atoms with Gasteiger partial charge in [0.1, 0.15) is 18.8 Å². The number of likely N-dealkylation sites (N-methyl/N-ethyl adjacent to an activating group) is 2. The first-order chi connectivity index (χ1) is 13.8. The first-order valence-electron chi connectivity index (χ1n) is 10.0. The third-order valence-corrected chi connectivity index (χ3v) is 5.31. The fraction of sp³-hybridized carbons (Fsp3) is 0.600. The van der Waals surface area contributed by atoms with Gasteiger partial charge in [0.2, 0.25) is 17.7 Å². The second-order valence-corrected chi connectivity index (χ2v) is 6.98. The first-order valence-corrected chi connectivity index (χ1v) is 10.0. The molecule has 1 N–H and O–H groups in total.